The first-order chi connectivity index (χ1) is 24.1. The summed E-state index contributed by atoms with van der Waals surface area (Å²) in [7, 11) is 0. The number of nitrogens with one attached hydrogen (secondary N) is 4. The van der Waals surface area contributed by atoms with Crippen LogP contribution in [0.2, 0.25) is 0 Å². The molecule has 1 fully saturated rings. The van der Waals surface area contributed by atoms with Crippen molar-refractivity contribution in [3.8, 4) is 11.4 Å². The number of allylic oxidation sites excluding steroid dienone is 4. The normalized spacial score (nSPS) is 15.3. The number of piperidine rings is 1. The van der Waals surface area contributed by atoms with Crippen molar-refractivity contribution in [3.05, 3.63) is 125 Å². The van der Waals surface area contributed by atoms with E-state index in [9.17, 15) is 22.8 Å². The third kappa shape index (κ3) is 9.00. The molecule has 260 valence electrons. The van der Waals surface area contributed by atoms with Gasteiger partial charge >= 0.3 is 18.2 Å². The first kappa shape index (κ1) is 34.5. The van der Waals surface area contributed by atoms with Crippen LogP contribution in [-0.4, -0.2) is 51.0 Å². The highest BCUT2D eigenvalue weighted by Crippen LogP contribution is 2.31. The Morgan fingerprint density at radius 3 is 2.28 bits per heavy atom. The fourth-order valence-corrected chi connectivity index (χ4v) is 6.19. The molecular weight excluding hydrogens is 643 g/mol. The Labute approximate surface area is 289 Å². The number of imidazole rings is 1. The van der Waals surface area contributed by atoms with Gasteiger partial charge in [-0.25, -0.2) is 14.6 Å². The molecular formula is C38H40F3N7O2. The number of amides is 4. The van der Waals surface area contributed by atoms with Gasteiger partial charge in [-0.2, -0.15) is 13.2 Å². The molecule has 0 unspecified atom stereocenters. The summed E-state index contributed by atoms with van der Waals surface area (Å²) in [5.41, 5.74) is 4.77. The molecule has 0 atom stereocenters. The van der Waals surface area contributed by atoms with E-state index in [4.69, 9.17) is 4.98 Å². The summed E-state index contributed by atoms with van der Waals surface area (Å²) < 4.78 is 39.1. The smallest absolute Gasteiger partial charge is 0.342 e. The second-order valence-corrected chi connectivity index (χ2v) is 12.6. The molecule has 0 bridgehead atoms. The van der Waals surface area contributed by atoms with Crippen molar-refractivity contribution in [2.75, 3.05) is 23.7 Å². The molecule has 2 heterocycles. The van der Waals surface area contributed by atoms with Gasteiger partial charge in [-0.3, -0.25) is 4.90 Å². The van der Waals surface area contributed by atoms with E-state index in [1.54, 1.807) is 0 Å². The molecule has 2 aliphatic rings. The number of carbonyl (C=O) groups excluding carboxylic acids is 2. The number of aromatic amines is 1. The Kier molecular flexibility index (Phi) is 10.7. The van der Waals surface area contributed by atoms with Gasteiger partial charge in [0, 0.05) is 60.6 Å². The van der Waals surface area contributed by atoms with Crippen molar-refractivity contribution in [3.63, 3.8) is 0 Å². The molecule has 9 nitrogen and oxygen atoms in total. The number of nitrogens with zero attached hydrogens (tertiary/aromatic N) is 3. The summed E-state index contributed by atoms with van der Waals surface area (Å²) in [6.45, 7) is 4.38. The lowest BCUT2D eigenvalue weighted by atomic mass is 10.0. The topological polar surface area (TPSA) is 105 Å². The monoisotopic (exact) mass is 683 g/mol. The maximum atomic E-state index is 13.7. The Morgan fingerprint density at radius 1 is 0.920 bits per heavy atom. The van der Waals surface area contributed by atoms with Gasteiger partial charge in [-0.15, -0.1) is 0 Å². The number of para-hydroxylation sites is 1. The van der Waals surface area contributed by atoms with Crippen LogP contribution in [0.3, 0.4) is 0 Å². The van der Waals surface area contributed by atoms with Crippen LogP contribution < -0.4 is 16.0 Å². The van der Waals surface area contributed by atoms with E-state index in [1.165, 1.54) is 12.1 Å². The summed E-state index contributed by atoms with van der Waals surface area (Å²) in [5.74, 6) is 0.533. The van der Waals surface area contributed by atoms with Crippen molar-refractivity contribution in [1.29, 1.82) is 0 Å². The average Bonchev–Trinajstić information content (AvgIpc) is 3.48. The number of hydrogen-bond acceptors (Lipinski definition) is 4. The predicted molar refractivity (Wildman–Crippen MR) is 188 cm³/mol. The molecule has 0 spiro atoms. The van der Waals surface area contributed by atoms with Crippen LogP contribution in [0.15, 0.2) is 103 Å². The summed E-state index contributed by atoms with van der Waals surface area (Å²) in [4.78, 5) is 38.3. The van der Waals surface area contributed by atoms with E-state index in [0.717, 1.165) is 73.6 Å². The van der Waals surface area contributed by atoms with Crippen LogP contribution in [0.1, 0.15) is 48.2 Å². The third-order valence-corrected chi connectivity index (χ3v) is 8.98. The van der Waals surface area contributed by atoms with E-state index in [2.05, 4.69) is 31.9 Å². The van der Waals surface area contributed by atoms with E-state index in [0.29, 0.717) is 35.9 Å². The third-order valence-electron chi connectivity index (χ3n) is 8.98. The van der Waals surface area contributed by atoms with Crippen molar-refractivity contribution in [2.24, 2.45) is 0 Å². The number of urea groups is 2. The molecule has 4 amide bonds. The Balaban J connectivity index is 1.08. The van der Waals surface area contributed by atoms with Gasteiger partial charge in [-0.05, 0) is 80.6 Å². The molecule has 1 saturated heterocycles. The van der Waals surface area contributed by atoms with Crippen molar-refractivity contribution >= 4 is 23.4 Å². The predicted octanol–water partition coefficient (Wildman–Crippen LogP) is 8.46. The van der Waals surface area contributed by atoms with E-state index >= 15 is 0 Å². The Hall–Kier alpha value is -5.36. The lowest BCUT2D eigenvalue weighted by Gasteiger charge is -2.38. The lowest BCUT2D eigenvalue weighted by Crippen LogP contribution is -2.48. The average molecular weight is 684 g/mol. The molecule has 12 heteroatoms. The first-order valence-electron chi connectivity index (χ1n) is 16.7. The number of alkyl halides is 3. The van der Waals surface area contributed by atoms with Crippen molar-refractivity contribution < 1.29 is 22.8 Å². The summed E-state index contributed by atoms with van der Waals surface area (Å²) in [5, 5.41) is 8.81. The SMILES string of the molecule is Cc1[nH]c(-c2ccc(C(F)(F)F)cc2)nc1CN1CCC(N(Cc2ccc(NC(=O)NC3=CC=CCC3)cc2)C(=O)Nc2ccccc2)CC1. The molecule has 4 aromatic rings. The van der Waals surface area contributed by atoms with Crippen LogP contribution >= 0.6 is 0 Å². The minimum atomic E-state index is -4.39. The van der Waals surface area contributed by atoms with Gasteiger partial charge in [0.2, 0.25) is 0 Å². The van der Waals surface area contributed by atoms with Crippen LogP contribution in [0.25, 0.3) is 11.4 Å². The number of carbonyl (C=O) groups is 2. The number of aromatic nitrogens is 2. The minimum Gasteiger partial charge on any atom is -0.342 e. The molecule has 3 aromatic carbocycles. The van der Waals surface area contributed by atoms with Crippen LogP contribution in [0.5, 0.6) is 0 Å². The number of halogens is 3. The maximum Gasteiger partial charge on any atom is 0.416 e. The van der Waals surface area contributed by atoms with Crippen LogP contribution in [-0.2, 0) is 19.3 Å². The highest BCUT2D eigenvalue weighted by atomic mass is 19.4. The van der Waals surface area contributed by atoms with Gasteiger partial charge in [0.25, 0.3) is 0 Å². The second kappa shape index (κ2) is 15.5. The van der Waals surface area contributed by atoms with Crippen molar-refractivity contribution in [1.82, 2.24) is 25.1 Å². The summed E-state index contributed by atoms with van der Waals surface area (Å²) >= 11 is 0. The second-order valence-electron chi connectivity index (χ2n) is 12.6. The van der Waals surface area contributed by atoms with Crippen LogP contribution in [0.4, 0.5) is 34.1 Å². The molecule has 6 rings (SSSR count). The van der Waals surface area contributed by atoms with E-state index < -0.39 is 11.7 Å². The fourth-order valence-electron chi connectivity index (χ4n) is 6.19. The van der Waals surface area contributed by atoms with Gasteiger partial charge in [-0.1, -0.05) is 54.6 Å². The molecule has 0 saturated carbocycles. The number of likely N-dealkylation sites (tertiary alicyclic amines) is 1. The number of rotatable bonds is 9. The Morgan fingerprint density at radius 2 is 1.62 bits per heavy atom. The Bertz CT molecular complexity index is 1830. The lowest BCUT2D eigenvalue weighted by molar-refractivity contribution is -0.137. The van der Waals surface area contributed by atoms with Gasteiger partial charge in [0.15, 0.2) is 0 Å². The number of hydrogen-bond donors (Lipinski definition) is 4. The highest BCUT2D eigenvalue weighted by molar-refractivity contribution is 5.91. The molecule has 1 aromatic heterocycles. The maximum absolute atomic E-state index is 13.7. The number of benzene rings is 3. The number of aryl methyl sites for hydroxylation is 1. The van der Waals surface area contributed by atoms with Gasteiger partial charge < -0.3 is 25.8 Å². The number of H-pyrrole nitrogens is 1. The van der Waals surface area contributed by atoms with Crippen LogP contribution in [0, 0.1) is 6.92 Å². The standard InChI is InChI=1S/C38H40F3N7O2/c1-26-34(46-35(42-26)28-14-16-29(17-15-28)38(39,40)41)25-47-22-20-33(21-23-47)48(37(50)45-31-10-6-3-7-11-31)24-27-12-18-32(19-13-27)44-36(49)43-30-8-4-2-5-9-30/h2-4,6-8,10-19,33H,5,9,20-25H2,1H3,(H,42,46)(H,45,50)(H2,43,44,49). The molecule has 50 heavy (non-hydrogen) atoms. The highest BCUT2D eigenvalue weighted by Gasteiger charge is 2.31. The van der Waals surface area contributed by atoms with Gasteiger partial charge in [0.1, 0.15) is 5.82 Å². The first-order valence-corrected chi connectivity index (χ1v) is 16.7. The zero-order valence-corrected chi connectivity index (χ0v) is 27.8. The quantitative estimate of drug-likeness (QED) is 0.142. The fraction of sp³-hybridized carbons (Fsp3) is 0.289. The number of anilines is 2. The molecule has 1 aliphatic heterocycles. The zero-order chi connectivity index (χ0) is 35.1. The molecule has 4 N–H and O–H groups in total. The zero-order valence-electron chi connectivity index (χ0n) is 27.8. The molecule has 0 radical (unpaired) electrons. The molecule has 1 aliphatic carbocycles. The summed E-state index contributed by atoms with van der Waals surface area (Å²) in [6, 6.07) is 21.4. The minimum absolute atomic E-state index is 0.0145. The van der Waals surface area contributed by atoms with Gasteiger partial charge in [0.05, 0.1) is 11.3 Å². The summed E-state index contributed by atoms with van der Waals surface area (Å²) in [6.07, 6.45) is 4.69. The van der Waals surface area contributed by atoms with E-state index in [-0.39, 0.29) is 18.1 Å². The van der Waals surface area contributed by atoms with E-state index in [1.807, 2.05) is 78.6 Å². The largest absolute Gasteiger partial charge is 0.416 e. The van der Waals surface area contributed by atoms with Crippen molar-refractivity contribution in [2.45, 2.75) is 57.9 Å².